The second-order valence-electron chi connectivity index (χ2n) is 2.84. The molecule has 0 unspecified atom stereocenters. The summed E-state index contributed by atoms with van der Waals surface area (Å²) in [5, 5.41) is 15.1. The number of aryl methyl sites for hydroxylation is 1. The summed E-state index contributed by atoms with van der Waals surface area (Å²) in [6.45, 7) is 0. The third-order valence-electron chi connectivity index (χ3n) is 1.79. The van der Waals surface area contributed by atoms with E-state index in [1.54, 1.807) is 31.3 Å². The molecule has 0 spiro atoms. The first-order valence-electron chi connectivity index (χ1n) is 4.19. The highest BCUT2D eigenvalue weighted by molar-refractivity contribution is 5.57. The highest BCUT2D eigenvalue weighted by Crippen LogP contribution is 2.18. The van der Waals surface area contributed by atoms with Crippen molar-refractivity contribution >= 4 is 5.69 Å². The second-order valence-corrected chi connectivity index (χ2v) is 2.84. The topological polar surface area (TPSA) is 92.4 Å². The lowest BCUT2D eigenvalue weighted by Gasteiger charge is -1.94. The minimum absolute atomic E-state index is 0.546. The van der Waals surface area contributed by atoms with Crippen LogP contribution in [0.3, 0.4) is 0 Å². The maximum Gasteiger partial charge on any atom is 0.204 e. The molecule has 0 radical (unpaired) electrons. The molecule has 7 heteroatoms. The fraction of sp³-hybridized carbons (Fsp3) is 0.125. The fourth-order valence-corrected chi connectivity index (χ4v) is 1.13. The Balaban J connectivity index is 2.35. The molecular weight excluding hydrogens is 194 g/mol. The summed E-state index contributed by atoms with van der Waals surface area (Å²) in [5.41, 5.74) is 9.62. The number of aromatic nitrogens is 4. The molecule has 0 saturated heterocycles. The van der Waals surface area contributed by atoms with Crippen molar-refractivity contribution in [2.45, 2.75) is 0 Å². The largest absolute Gasteiger partial charge is 0.204 e. The molecule has 0 aliphatic heterocycles. The van der Waals surface area contributed by atoms with Gasteiger partial charge in [0.2, 0.25) is 5.82 Å². The van der Waals surface area contributed by atoms with E-state index in [1.165, 1.54) is 4.80 Å². The van der Waals surface area contributed by atoms with E-state index in [1.807, 2.05) is 0 Å². The summed E-state index contributed by atoms with van der Waals surface area (Å²) >= 11 is 0. The van der Waals surface area contributed by atoms with Crippen LogP contribution in [0.4, 0.5) is 5.69 Å². The normalized spacial score (nSPS) is 9.67. The average molecular weight is 201 g/mol. The lowest BCUT2D eigenvalue weighted by molar-refractivity contribution is 0.630. The standard InChI is InChI=1S/C8H7N7/c1-15-12-8(11-14-15)6-2-4-7(5-3-6)10-13-9/h2-5H,1H3. The van der Waals surface area contributed by atoms with Gasteiger partial charge in [0, 0.05) is 16.2 Å². The van der Waals surface area contributed by atoms with Crippen molar-refractivity contribution in [3.05, 3.63) is 34.7 Å². The molecule has 0 atom stereocenters. The Morgan fingerprint density at radius 3 is 2.60 bits per heavy atom. The molecule has 0 bridgehead atoms. The summed E-state index contributed by atoms with van der Waals surface area (Å²) in [4.78, 5) is 4.08. The van der Waals surface area contributed by atoms with E-state index < -0.39 is 0 Å². The van der Waals surface area contributed by atoms with Crippen LogP contribution in [0.5, 0.6) is 0 Å². The molecule has 15 heavy (non-hydrogen) atoms. The Kier molecular flexibility index (Phi) is 2.30. The van der Waals surface area contributed by atoms with Crippen LogP contribution in [-0.4, -0.2) is 20.2 Å². The van der Waals surface area contributed by atoms with E-state index in [-0.39, 0.29) is 0 Å². The van der Waals surface area contributed by atoms with Crippen LogP contribution in [0.1, 0.15) is 0 Å². The van der Waals surface area contributed by atoms with Crippen LogP contribution < -0.4 is 0 Å². The van der Waals surface area contributed by atoms with Gasteiger partial charge in [-0.1, -0.05) is 29.4 Å². The lowest BCUT2D eigenvalue weighted by atomic mass is 10.2. The van der Waals surface area contributed by atoms with Crippen molar-refractivity contribution in [2.24, 2.45) is 12.2 Å². The number of azide groups is 1. The molecule has 0 saturated carbocycles. The third-order valence-corrected chi connectivity index (χ3v) is 1.79. The van der Waals surface area contributed by atoms with Crippen LogP contribution in [-0.2, 0) is 7.05 Å². The Labute approximate surface area is 85.0 Å². The second kappa shape index (κ2) is 3.77. The Hall–Kier alpha value is -2.40. The third kappa shape index (κ3) is 1.92. The molecule has 2 aromatic rings. The number of rotatable bonds is 2. The first-order valence-corrected chi connectivity index (χ1v) is 4.19. The molecule has 0 aliphatic rings. The highest BCUT2D eigenvalue weighted by atomic mass is 15.6. The van der Waals surface area contributed by atoms with Gasteiger partial charge in [-0.2, -0.15) is 4.80 Å². The van der Waals surface area contributed by atoms with E-state index in [0.29, 0.717) is 11.5 Å². The van der Waals surface area contributed by atoms with Crippen LogP contribution >= 0.6 is 0 Å². The predicted molar refractivity (Wildman–Crippen MR) is 53.0 cm³/mol. The predicted octanol–water partition coefficient (Wildman–Crippen LogP) is 1.82. The molecule has 0 N–H and O–H groups in total. The summed E-state index contributed by atoms with van der Waals surface area (Å²) in [6, 6.07) is 6.96. The number of tetrazole rings is 1. The molecule has 0 fully saturated rings. The average Bonchev–Trinajstić information content (AvgIpc) is 2.67. The molecule has 1 aromatic heterocycles. The molecule has 1 heterocycles. The van der Waals surface area contributed by atoms with Crippen molar-refractivity contribution < 1.29 is 0 Å². The first kappa shape index (κ1) is 9.17. The van der Waals surface area contributed by atoms with Crippen molar-refractivity contribution in [3.8, 4) is 11.4 Å². The van der Waals surface area contributed by atoms with Gasteiger partial charge in [0.25, 0.3) is 0 Å². The minimum atomic E-state index is 0.546. The Morgan fingerprint density at radius 2 is 2.07 bits per heavy atom. The van der Waals surface area contributed by atoms with Gasteiger partial charge >= 0.3 is 0 Å². The highest BCUT2D eigenvalue weighted by Gasteiger charge is 2.02. The number of benzene rings is 1. The zero-order valence-electron chi connectivity index (χ0n) is 7.94. The molecule has 0 amide bonds. The van der Waals surface area contributed by atoms with Crippen LogP contribution in [0.15, 0.2) is 29.4 Å². The van der Waals surface area contributed by atoms with Gasteiger partial charge in [-0.05, 0) is 10.7 Å². The van der Waals surface area contributed by atoms with Gasteiger partial charge < -0.3 is 0 Å². The van der Waals surface area contributed by atoms with Crippen LogP contribution in [0, 0.1) is 0 Å². The summed E-state index contributed by atoms with van der Waals surface area (Å²) < 4.78 is 0. The van der Waals surface area contributed by atoms with Gasteiger partial charge in [-0.15, -0.1) is 10.2 Å². The molecule has 1 aromatic carbocycles. The summed E-state index contributed by atoms with van der Waals surface area (Å²) in [7, 11) is 1.70. The first-order chi connectivity index (χ1) is 7.29. The summed E-state index contributed by atoms with van der Waals surface area (Å²) in [5.74, 6) is 0.546. The Bertz CT molecular complexity index is 506. The van der Waals surface area contributed by atoms with E-state index in [9.17, 15) is 0 Å². The molecule has 74 valence electrons. The van der Waals surface area contributed by atoms with E-state index in [4.69, 9.17) is 5.53 Å². The molecular formula is C8H7N7. The van der Waals surface area contributed by atoms with Gasteiger partial charge in [-0.25, -0.2) is 0 Å². The zero-order valence-corrected chi connectivity index (χ0v) is 7.94. The number of hydrogen-bond donors (Lipinski definition) is 0. The quantitative estimate of drug-likeness (QED) is 0.421. The van der Waals surface area contributed by atoms with Gasteiger partial charge in [0.05, 0.1) is 7.05 Å². The fourth-order valence-electron chi connectivity index (χ4n) is 1.13. The number of hydrogen-bond acceptors (Lipinski definition) is 4. The zero-order chi connectivity index (χ0) is 10.7. The van der Waals surface area contributed by atoms with Crippen molar-refractivity contribution in [1.82, 2.24) is 20.2 Å². The smallest absolute Gasteiger partial charge is 0.167 e. The van der Waals surface area contributed by atoms with Crippen molar-refractivity contribution in [1.29, 1.82) is 0 Å². The maximum atomic E-state index is 8.23. The van der Waals surface area contributed by atoms with Crippen molar-refractivity contribution in [2.75, 3.05) is 0 Å². The number of nitrogens with zero attached hydrogens (tertiary/aromatic N) is 7. The lowest BCUT2D eigenvalue weighted by Crippen LogP contribution is -1.91. The monoisotopic (exact) mass is 201 g/mol. The van der Waals surface area contributed by atoms with Crippen LogP contribution in [0.25, 0.3) is 21.8 Å². The maximum absolute atomic E-state index is 8.23. The van der Waals surface area contributed by atoms with Gasteiger partial charge in [-0.3, -0.25) is 0 Å². The van der Waals surface area contributed by atoms with E-state index in [0.717, 1.165) is 5.56 Å². The molecule has 2 rings (SSSR count). The van der Waals surface area contributed by atoms with Gasteiger partial charge in [0.1, 0.15) is 0 Å². The molecule has 0 aliphatic carbocycles. The Morgan fingerprint density at radius 1 is 1.33 bits per heavy atom. The van der Waals surface area contributed by atoms with E-state index in [2.05, 4.69) is 25.4 Å². The minimum Gasteiger partial charge on any atom is -0.167 e. The molecule has 7 nitrogen and oxygen atoms in total. The van der Waals surface area contributed by atoms with E-state index >= 15 is 0 Å². The summed E-state index contributed by atoms with van der Waals surface area (Å²) in [6.07, 6.45) is 0. The van der Waals surface area contributed by atoms with Crippen LogP contribution in [0.2, 0.25) is 0 Å². The van der Waals surface area contributed by atoms with Crippen molar-refractivity contribution in [3.63, 3.8) is 0 Å². The SMILES string of the molecule is Cn1nnc(-c2ccc(N=[N+]=[N-])cc2)n1. The van der Waals surface area contributed by atoms with Gasteiger partial charge in [0.15, 0.2) is 0 Å².